The van der Waals surface area contributed by atoms with Crippen LogP contribution in [0.5, 0.6) is 0 Å². The van der Waals surface area contributed by atoms with E-state index in [1.807, 2.05) is 0 Å². The molecule has 0 radical (unpaired) electrons. The number of hydrogen-bond donors (Lipinski definition) is 1. The Balaban J connectivity index is 1.52. The molecule has 1 aliphatic heterocycles. The molecule has 6 nitrogen and oxygen atoms in total. The second-order valence-corrected chi connectivity index (χ2v) is 8.60. The van der Waals surface area contributed by atoms with E-state index < -0.39 is 5.97 Å². The average Bonchev–Trinajstić information content (AvgIpc) is 2.90. The zero-order valence-electron chi connectivity index (χ0n) is 14.6. The van der Waals surface area contributed by atoms with Gasteiger partial charge >= 0.3 is 5.97 Å². The molecule has 2 atom stereocenters. The van der Waals surface area contributed by atoms with Gasteiger partial charge in [-0.1, -0.05) is 25.4 Å². The molecule has 0 spiro atoms. The molecule has 3 aliphatic rings. The van der Waals surface area contributed by atoms with Crippen molar-refractivity contribution in [2.45, 2.75) is 63.7 Å². The summed E-state index contributed by atoms with van der Waals surface area (Å²) in [6.07, 6.45) is 5.94. The van der Waals surface area contributed by atoms with Crippen molar-refractivity contribution < 1.29 is 14.4 Å². The number of rotatable bonds is 6. The fourth-order valence-electron chi connectivity index (χ4n) is 4.90. The minimum Gasteiger partial charge on any atom is -0.481 e. The van der Waals surface area contributed by atoms with Crippen LogP contribution in [0.15, 0.2) is 4.52 Å². The number of likely N-dealkylation sites (tertiary alicyclic amines) is 1. The third kappa shape index (κ3) is 2.65. The summed E-state index contributed by atoms with van der Waals surface area (Å²) in [5.74, 6) is 1.80. The van der Waals surface area contributed by atoms with Crippen LogP contribution in [0.2, 0.25) is 0 Å². The van der Waals surface area contributed by atoms with Gasteiger partial charge in [-0.25, -0.2) is 0 Å². The van der Waals surface area contributed by atoms with Crippen LogP contribution in [0.1, 0.15) is 70.0 Å². The SMILES string of the molecule is CC(C)c1noc([C@]23CCC[C@H]2CN(CC2(CC(=O)O)CC2)C3)n1. The van der Waals surface area contributed by atoms with Gasteiger partial charge in [0.25, 0.3) is 0 Å². The second-order valence-electron chi connectivity index (χ2n) is 8.60. The lowest BCUT2D eigenvalue weighted by Gasteiger charge is -2.26. The summed E-state index contributed by atoms with van der Waals surface area (Å²) in [5, 5.41) is 13.3. The van der Waals surface area contributed by atoms with Crippen LogP contribution < -0.4 is 0 Å². The van der Waals surface area contributed by atoms with E-state index in [0.29, 0.717) is 12.3 Å². The van der Waals surface area contributed by atoms with E-state index in [4.69, 9.17) is 14.6 Å². The van der Waals surface area contributed by atoms with Gasteiger partial charge in [0.15, 0.2) is 5.82 Å². The molecule has 4 rings (SSSR count). The minimum absolute atomic E-state index is 0.000552. The lowest BCUT2D eigenvalue weighted by atomic mass is 9.80. The summed E-state index contributed by atoms with van der Waals surface area (Å²) < 4.78 is 5.69. The first-order valence-corrected chi connectivity index (χ1v) is 9.21. The molecule has 1 aromatic heterocycles. The topological polar surface area (TPSA) is 79.5 Å². The maximum atomic E-state index is 11.1. The number of carboxylic acids is 1. The standard InChI is InChI=1S/C18H27N3O3/c1-12(2)15-19-16(24-20-15)18-5-3-4-13(18)9-21(11-18)10-17(6-7-17)8-14(22)23/h12-13H,3-11H2,1-2H3,(H,22,23)/t13-,18-/m0/s1. The molecular weight excluding hydrogens is 306 g/mol. The number of carboxylic acid groups (broad SMARTS) is 1. The Morgan fingerprint density at radius 3 is 2.83 bits per heavy atom. The Bertz CT molecular complexity index is 637. The molecule has 2 aliphatic carbocycles. The molecule has 1 saturated heterocycles. The van der Waals surface area contributed by atoms with Crippen molar-refractivity contribution in [3.63, 3.8) is 0 Å². The number of aliphatic carboxylic acids is 1. The van der Waals surface area contributed by atoms with Gasteiger partial charge in [-0.05, 0) is 37.0 Å². The number of nitrogens with zero attached hydrogens (tertiary/aromatic N) is 3. The molecule has 3 fully saturated rings. The van der Waals surface area contributed by atoms with Crippen LogP contribution in [0.25, 0.3) is 0 Å². The zero-order valence-corrected chi connectivity index (χ0v) is 14.6. The molecule has 1 N–H and O–H groups in total. The summed E-state index contributed by atoms with van der Waals surface area (Å²) in [5.41, 5.74) is 0.0169. The van der Waals surface area contributed by atoms with Crippen molar-refractivity contribution >= 4 is 5.97 Å². The van der Waals surface area contributed by atoms with E-state index in [9.17, 15) is 4.79 Å². The van der Waals surface area contributed by atoms with Gasteiger partial charge in [0.05, 0.1) is 11.8 Å². The predicted molar refractivity (Wildman–Crippen MR) is 87.8 cm³/mol. The molecule has 2 heterocycles. The van der Waals surface area contributed by atoms with Crippen molar-refractivity contribution in [2.24, 2.45) is 11.3 Å². The first kappa shape index (κ1) is 16.1. The summed E-state index contributed by atoms with van der Waals surface area (Å²) in [6, 6.07) is 0. The first-order chi connectivity index (χ1) is 11.4. The Morgan fingerprint density at radius 1 is 1.42 bits per heavy atom. The normalized spacial score (nSPS) is 31.5. The lowest BCUT2D eigenvalue weighted by Crippen LogP contribution is -2.35. The third-order valence-electron chi connectivity index (χ3n) is 6.37. The highest BCUT2D eigenvalue weighted by Crippen LogP contribution is 2.54. The van der Waals surface area contributed by atoms with E-state index in [1.54, 1.807) is 0 Å². The monoisotopic (exact) mass is 333 g/mol. The van der Waals surface area contributed by atoms with Crippen LogP contribution in [0.3, 0.4) is 0 Å². The quantitative estimate of drug-likeness (QED) is 0.862. The second kappa shape index (κ2) is 5.55. The van der Waals surface area contributed by atoms with Crippen LogP contribution in [-0.2, 0) is 10.2 Å². The molecule has 6 heteroatoms. The first-order valence-electron chi connectivity index (χ1n) is 9.21. The Kier molecular flexibility index (Phi) is 3.71. The van der Waals surface area contributed by atoms with Crippen molar-refractivity contribution in [3.05, 3.63) is 11.7 Å². The largest absolute Gasteiger partial charge is 0.481 e. The van der Waals surface area contributed by atoms with Crippen LogP contribution >= 0.6 is 0 Å². The minimum atomic E-state index is -0.667. The molecule has 24 heavy (non-hydrogen) atoms. The van der Waals surface area contributed by atoms with E-state index >= 15 is 0 Å². The van der Waals surface area contributed by atoms with Crippen molar-refractivity contribution in [1.29, 1.82) is 0 Å². The number of aromatic nitrogens is 2. The number of hydrogen-bond acceptors (Lipinski definition) is 5. The van der Waals surface area contributed by atoms with Crippen molar-refractivity contribution in [1.82, 2.24) is 15.0 Å². The van der Waals surface area contributed by atoms with Gasteiger partial charge in [-0.15, -0.1) is 0 Å². The van der Waals surface area contributed by atoms with Crippen LogP contribution in [0.4, 0.5) is 0 Å². The Morgan fingerprint density at radius 2 is 2.21 bits per heavy atom. The van der Waals surface area contributed by atoms with E-state index in [1.165, 1.54) is 12.8 Å². The van der Waals surface area contributed by atoms with Crippen LogP contribution in [0, 0.1) is 11.3 Å². The molecule has 1 aromatic rings. The van der Waals surface area contributed by atoms with Gasteiger partial charge in [0.1, 0.15) is 0 Å². The molecular formula is C18H27N3O3. The zero-order chi connectivity index (χ0) is 16.9. The maximum absolute atomic E-state index is 11.1. The fourth-order valence-corrected chi connectivity index (χ4v) is 4.90. The van der Waals surface area contributed by atoms with E-state index in [0.717, 1.165) is 50.6 Å². The Hall–Kier alpha value is -1.43. The van der Waals surface area contributed by atoms with Crippen molar-refractivity contribution in [2.75, 3.05) is 19.6 Å². The molecule has 0 bridgehead atoms. The summed E-state index contributed by atoms with van der Waals surface area (Å²) in [6.45, 7) is 7.06. The third-order valence-corrected chi connectivity index (χ3v) is 6.37. The summed E-state index contributed by atoms with van der Waals surface area (Å²) in [4.78, 5) is 18.3. The van der Waals surface area contributed by atoms with Gasteiger partial charge in [0.2, 0.25) is 5.89 Å². The summed E-state index contributed by atoms with van der Waals surface area (Å²) in [7, 11) is 0. The average molecular weight is 333 g/mol. The highest BCUT2D eigenvalue weighted by atomic mass is 16.5. The van der Waals surface area contributed by atoms with Gasteiger partial charge < -0.3 is 14.5 Å². The fraction of sp³-hybridized carbons (Fsp3) is 0.833. The van der Waals surface area contributed by atoms with Gasteiger partial charge in [-0.3, -0.25) is 4.79 Å². The maximum Gasteiger partial charge on any atom is 0.303 e. The highest BCUT2D eigenvalue weighted by Gasteiger charge is 2.56. The van der Waals surface area contributed by atoms with E-state index in [2.05, 4.69) is 23.9 Å². The highest BCUT2D eigenvalue weighted by molar-refractivity contribution is 5.68. The molecule has 0 aromatic carbocycles. The van der Waals surface area contributed by atoms with Crippen molar-refractivity contribution in [3.8, 4) is 0 Å². The molecule has 0 unspecified atom stereocenters. The van der Waals surface area contributed by atoms with Gasteiger partial charge in [-0.2, -0.15) is 4.98 Å². The number of carbonyl (C=O) groups is 1. The summed E-state index contributed by atoms with van der Waals surface area (Å²) >= 11 is 0. The molecule has 2 saturated carbocycles. The van der Waals surface area contributed by atoms with Gasteiger partial charge in [0, 0.05) is 25.6 Å². The van der Waals surface area contributed by atoms with Crippen LogP contribution in [-0.4, -0.2) is 45.8 Å². The van der Waals surface area contributed by atoms with E-state index in [-0.39, 0.29) is 16.7 Å². The number of fused-ring (bicyclic) bond motifs is 1. The lowest BCUT2D eigenvalue weighted by molar-refractivity contribution is -0.138. The molecule has 0 amide bonds. The Labute approximate surface area is 142 Å². The smallest absolute Gasteiger partial charge is 0.303 e. The molecule has 132 valence electrons. The predicted octanol–water partition coefficient (Wildman–Crippen LogP) is 2.80.